The van der Waals surface area contributed by atoms with E-state index in [0.717, 1.165) is 90.5 Å². The van der Waals surface area contributed by atoms with Crippen molar-refractivity contribution in [2.24, 2.45) is 4.99 Å². The molecule has 7 nitrogen and oxygen atoms in total. The zero-order valence-electron chi connectivity index (χ0n) is 15.8. The molecule has 2 fully saturated rings. The quantitative estimate of drug-likeness (QED) is 0.402. The summed E-state index contributed by atoms with van der Waals surface area (Å²) in [7, 11) is 1.74. The zero-order valence-corrected chi connectivity index (χ0v) is 15.8. The second kappa shape index (κ2) is 11.3. The second-order valence-corrected chi connectivity index (χ2v) is 6.60. The number of hydrogen-bond donors (Lipinski definition) is 1. The van der Waals surface area contributed by atoms with Gasteiger partial charge in [-0.05, 0) is 39.0 Å². The van der Waals surface area contributed by atoms with E-state index in [1.165, 1.54) is 0 Å². The van der Waals surface area contributed by atoms with Gasteiger partial charge in [0, 0.05) is 59.6 Å². The fourth-order valence-corrected chi connectivity index (χ4v) is 3.26. The number of piperazine rings is 1. The third kappa shape index (κ3) is 6.47. The van der Waals surface area contributed by atoms with Crippen LogP contribution in [0.3, 0.4) is 0 Å². The first kappa shape index (κ1) is 20.0. The smallest absolute Gasteiger partial charge is 0.251 e. The predicted molar refractivity (Wildman–Crippen MR) is 98.8 cm³/mol. The molecule has 2 aliphatic heterocycles. The molecule has 0 radical (unpaired) electrons. The summed E-state index contributed by atoms with van der Waals surface area (Å²) in [5, 5.41) is 3.38. The molecule has 0 spiro atoms. The molecular formula is C18H34N4O3. The molecule has 1 amide bonds. The second-order valence-electron chi connectivity index (χ2n) is 6.60. The Morgan fingerprint density at radius 1 is 1.20 bits per heavy atom. The Bertz CT molecular complexity index is 417. The first-order valence-corrected chi connectivity index (χ1v) is 9.68. The first-order chi connectivity index (χ1) is 12.3. The van der Waals surface area contributed by atoms with Gasteiger partial charge >= 0.3 is 0 Å². The average molecular weight is 354 g/mol. The molecule has 25 heavy (non-hydrogen) atoms. The molecule has 0 aromatic rings. The van der Waals surface area contributed by atoms with Crippen LogP contribution in [0.5, 0.6) is 0 Å². The van der Waals surface area contributed by atoms with Gasteiger partial charge in [-0.3, -0.25) is 9.79 Å². The van der Waals surface area contributed by atoms with Gasteiger partial charge in [-0.2, -0.15) is 0 Å². The maximum absolute atomic E-state index is 12.4. The highest BCUT2D eigenvalue weighted by Crippen LogP contribution is 2.16. The van der Waals surface area contributed by atoms with Crippen molar-refractivity contribution < 1.29 is 14.3 Å². The first-order valence-electron chi connectivity index (χ1n) is 9.68. The topological polar surface area (TPSA) is 66.4 Å². The van der Waals surface area contributed by atoms with Crippen molar-refractivity contribution in [3.05, 3.63) is 0 Å². The van der Waals surface area contributed by atoms with E-state index in [4.69, 9.17) is 14.5 Å². The number of carbonyl (C=O) groups excluding carboxylic acids is 1. The van der Waals surface area contributed by atoms with Gasteiger partial charge in [-0.15, -0.1) is 0 Å². The Balaban J connectivity index is 1.75. The predicted octanol–water partition coefficient (Wildman–Crippen LogP) is 1.09. The summed E-state index contributed by atoms with van der Waals surface area (Å²) in [6, 6.07) is 0. The van der Waals surface area contributed by atoms with Crippen LogP contribution < -0.4 is 5.32 Å². The summed E-state index contributed by atoms with van der Waals surface area (Å²) in [6.45, 7) is 8.47. The number of amides is 1. The lowest BCUT2D eigenvalue weighted by Gasteiger charge is -2.37. The van der Waals surface area contributed by atoms with Gasteiger partial charge in [0.05, 0.1) is 0 Å². The average Bonchev–Trinajstić information content (AvgIpc) is 3.18. The summed E-state index contributed by atoms with van der Waals surface area (Å²) in [5.74, 6) is 1.13. The van der Waals surface area contributed by atoms with Gasteiger partial charge in [-0.25, -0.2) is 0 Å². The van der Waals surface area contributed by atoms with Crippen molar-refractivity contribution in [1.82, 2.24) is 15.1 Å². The molecule has 1 unspecified atom stereocenters. The van der Waals surface area contributed by atoms with Crippen LogP contribution in [0, 0.1) is 0 Å². The molecule has 2 rings (SSSR count). The van der Waals surface area contributed by atoms with Crippen molar-refractivity contribution in [3.8, 4) is 0 Å². The van der Waals surface area contributed by atoms with E-state index < -0.39 is 0 Å². The molecule has 2 aliphatic rings. The molecular weight excluding hydrogens is 320 g/mol. The van der Waals surface area contributed by atoms with Crippen molar-refractivity contribution >= 4 is 11.9 Å². The Hall–Kier alpha value is -1.34. The van der Waals surface area contributed by atoms with Crippen LogP contribution in [-0.4, -0.2) is 87.4 Å². The van der Waals surface area contributed by atoms with Gasteiger partial charge in [0.15, 0.2) is 5.96 Å². The highest BCUT2D eigenvalue weighted by molar-refractivity contribution is 5.82. The van der Waals surface area contributed by atoms with Gasteiger partial charge < -0.3 is 24.6 Å². The number of ether oxygens (including phenoxy) is 2. The fourth-order valence-electron chi connectivity index (χ4n) is 3.26. The molecule has 7 heteroatoms. The van der Waals surface area contributed by atoms with E-state index in [1.807, 2.05) is 4.90 Å². The molecule has 0 aliphatic carbocycles. The van der Waals surface area contributed by atoms with Crippen LogP contribution >= 0.6 is 0 Å². The van der Waals surface area contributed by atoms with Crippen molar-refractivity contribution in [3.63, 3.8) is 0 Å². The minimum absolute atomic E-state index is 0.164. The van der Waals surface area contributed by atoms with Crippen molar-refractivity contribution in [2.75, 3.05) is 59.6 Å². The lowest BCUT2D eigenvalue weighted by molar-refractivity contribution is -0.142. The van der Waals surface area contributed by atoms with Crippen LogP contribution in [0.2, 0.25) is 0 Å². The molecule has 1 atom stereocenters. The molecule has 144 valence electrons. The summed E-state index contributed by atoms with van der Waals surface area (Å²) >= 11 is 0. The van der Waals surface area contributed by atoms with Crippen LogP contribution in [0.4, 0.5) is 0 Å². The normalized spacial score (nSPS) is 21.7. The molecule has 2 saturated heterocycles. The Labute approximate surface area is 151 Å². The summed E-state index contributed by atoms with van der Waals surface area (Å²) in [4.78, 5) is 21.4. The molecule has 0 saturated carbocycles. The van der Waals surface area contributed by atoms with Crippen LogP contribution in [0.25, 0.3) is 0 Å². The lowest BCUT2D eigenvalue weighted by atomic mass is 10.2. The van der Waals surface area contributed by atoms with Crippen LogP contribution in [-0.2, 0) is 14.3 Å². The number of methoxy groups -OCH3 is 1. The monoisotopic (exact) mass is 354 g/mol. The van der Waals surface area contributed by atoms with Gasteiger partial charge in [0.25, 0.3) is 5.91 Å². The number of guanidine groups is 1. The summed E-state index contributed by atoms with van der Waals surface area (Å²) in [6.07, 6.45) is 4.97. The summed E-state index contributed by atoms with van der Waals surface area (Å²) in [5.41, 5.74) is 0. The SMILES string of the molecule is CCNC(=NCCCCCOC)N1CCN(C(=O)C2CCCO2)CC1. The number of rotatable bonds is 8. The molecule has 0 bridgehead atoms. The standard InChI is InChI=1S/C18H34N4O3/c1-3-19-18(20-9-5-4-6-14-24-2)22-12-10-21(11-13-22)17(23)16-8-7-15-25-16/h16H,3-15H2,1-2H3,(H,19,20). The summed E-state index contributed by atoms with van der Waals surface area (Å²) < 4.78 is 10.6. The van der Waals surface area contributed by atoms with Gasteiger partial charge in [-0.1, -0.05) is 0 Å². The molecule has 0 aromatic carbocycles. The number of unbranched alkanes of at least 4 members (excludes halogenated alkanes) is 2. The van der Waals surface area contributed by atoms with Gasteiger partial charge in [0.2, 0.25) is 0 Å². The highest BCUT2D eigenvalue weighted by Gasteiger charge is 2.30. The molecule has 2 heterocycles. The van der Waals surface area contributed by atoms with E-state index in [0.29, 0.717) is 0 Å². The van der Waals surface area contributed by atoms with Crippen LogP contribution in [0.15, 0.2) is 4.99 Å². The minimum atomic E-state index is -0.208. The third-order valence-electron chi connectivity index (χ3n) is 4.70. The Morgan fingerprint density at radius 2 is 1.96 bits per heavy atom. The Morgan fingerprint density at radius 3 is 2.60 bits per heavy atom. The van der Waals surface area contributed by atoms with Crippen molar-refractivity contribution in [1.29, 1.82) is 0 Å². The fraction of sp³-hybridized carbons (Fsp3) is 0.889. The number of nitrogens with one attached hydrogen (secondary N) is 1. The Kier molecular flexibility index (Phi) is 9.04. The number of hydrogen-bond acceptors (Lipinski definition) is 4. The van der Waals surface area contributed by atoms with E-state index >= 15 is 0 Å². The molecule has 0 aromatic heterocycles. The largest absolute Gasteiger partial charge is 0.385 e. The number of carbonyl (C=O) groups is 1. The minimum Gasteiger partial charge on any atom is -0.385 e. The maximum atomic E-state index is 12.4. The maximum Gasteiger partial charge on any atom is 0.251 e. The van der Waals surface area contributed by atoms with E-state index in [1.54, 1.807) is 7.11 Å². The number of nitrogens with zero attached hydrogens (tertiary/aromatic N) is 3. The van der Waals surface area contributed by atoms with Crippen molar-refractivity contribution in [2.45, 2.75) is 45.1 Å². The number of aliphatic imine (C=N–C) groups is 1. The van der Waals surface area contributed by atoms with Gasteiger partial charge in [0.1, 0.15) is 6.10 Å². The van der Waals surface area contributed by atoms with E-state index in [2.05, 4.69) is 17.1 Å². The zero-order chi connectivity index (χ0) is 17.9. The molecule has 1 N–H and O–H groups in total. The van der Waals surface area contributed by atoms with Crippen LogP contribution in [0.1, 0.15) is 39.0 Å². The highest BCUT2D eigenvalue weighted by atomic mass is 16.5. The third-order valence-corrected chi connectivity index (χ3v) is 4.70. The van der Waals surface area contributed by atoms with E-state index in [-0.39, 0.29) is 12.0 Å². The lowest BCUT2D eigenvalue weighted by Crippen LogP contribution is -2.55. The van der Waals surface area contributed by atoms with E-state index in [9.17, 15) is 4.79 Å².